The van der Waals surface area contributed by atoms with Gasteiger partial charge in [-0.15, -0.1) is 0 Å². The number of anilines is 1. The van der Waals surface area contributed by atoms with E-state index in [9.17, 15) is 24.9 Å². The Bertz CT molecular complexity index is 1280. The fourth-order valence-corrected chi connectivity index (χ4v) is 4.16. The number of aliphatic hydroxyl groups excluding tert-OH is 1. The number of para-hydroxylation sites is 1. The third kappa shape index (κ3) is 5.72. The quantitative estimate of drug-likeness (QED) is 0.347. The molecule has 0 bridgehead atoms. The van der Waals surface area contributed by atoms with Gasteiger partial charge in [0.15, 0.2) is 5.82 Å². The summed E-state index contributed by atoms with van der Waals surface area (Å²) in [5.74, 6) is -1.93. The lowest BCUT2D eigenvalue weighted by molar-refractivity contribution is -0.197. The molecule has 1 aromatic heterocycles. The second-order valence-electron chi connectivity index (χ2n) is 9.36. The molecule has 1 atom stereocenters. The van der Waals surface area contributed by atoms with Crippen molar-refractivity contribution in [2.24, 2.45) is 0 Å². The highest BCUT2D eigenvalue weighted by molar-refractivity contribution is 5.92. The zero-order chi connectivity index (χ0) is 26.0. The number of carbonyl (C=O) groups excluding carboxylic acids is 2. The van der Waals surface area contributed by atoms with Crippen molar-refractivity contribution in [1.82, 2.24) is 14.9 Å². The second-order valence-corrected chi connectivity index (χ2v) is 9.36. The number of phenols is 1. The minimum Gasteiger partial charge on any atom is -0.507 e. The van der Waals surface area contributed by atoms with Crippen molar-refractivity contribution in [3.63, 3.8) is 0 Å². The van der Waals surface area contributed by atoms with E-state index in [1.54, 1.807) is 18.2 Å². The molecule has 10 nitrogen and oxygen atoms in total. The maximum absolute atomic E-state index is 12.7. The first kappa shape index (κ1) is 25.3. The summed E-state index contributed by atoms with van der Waals surface area (Å²) in [5, 5.41) is 31.0. The molecule has 0 saturated carbocycles. The van der Waals surface area contributed by atoms with Crippen LogP contribution in [0.2, 0.25) is 0 Å². The van der Waals surface area contributed by atoms with Gasteiger partial charge in [0.05, 0.1) is 17.5 Å². The molecule has 0 spiro atoms. The molecule has 4 rings (SSSR count). The minimum absolute atomic E-state index is 0.0861. The summed E-state index contributed by atoms with van der Waals surface area (Å²) < 4.78 is 4.77. The number of carbonyl (C=O) groups is 2. The molecular formula is C26H30N4O6. The third-order valence-corrected chi connectivity index (χ3v) is 5.88. The van der Waals surface area contributed by atoms with Gasteiger partial charge in [-0.1, -0.05) is 18.2 Å². The van der Waals surface area contributed by atoms with Crippen LogP contribution < -0.4 is 4.90 Å². The van der Waals surface area contributed by atoms with Crippen molar-refractivity contribution in [3.05, 3.63) is 48.0 Å². The van der Waals surface area contributed by atoms with Gasteiger partial charge in [0.25, 0.3) is 5.91 Å². The Morgan fingerprint density at radius 2 is 1.78 bits per heavy atom. The number of amides is 1. The summed E-state index contributed by atoms with van der Waals surface area (Å²) in [7, 11) is 0. The number of aliphatic hydroxyl groups is 2. The first-order valence-corrected chi connectivity index (χ1v) is 11.7. The van der Waals surface area contributed by atoms with Gasteiger partial charge in [0.2, 0.25) is 5.79 Å². The van der Waals surface area contributed by atoms with Crippen LogP contribution in [0, 0.1) is 6.92 Å². The molecule has 0 aliphatic carbocycles. The Balaban J connectivity index is 1.52. The molecule has 2 heterocycles. The molecule has 190 valence electrons. The normalized spacial score (nSPS) is 15.1. The number of benzene rings is 2. The molecule has 1 saturated heterocycles. The van der Waals surface area contributed by atoms with Crippen molar-refractivity contribution in [2.45, 2.75) is 39.1 Å². The largest absolute Gasteiger partial charge is 0.507 e. The first-order valence-electron chi connectivity index (χ1n) is 11.7. The van der Waals surface area contributed by atoms with Crippen LogP contribution in [-0.2, 0) is 14.3 Å². The topological polar surface area (TPSA) is 136 Å². The van der Waals surface area contributed by atoms with Crippen molar-refractivity contribution >= 4 is 28.6 Å². The highest BCUT2D eigenvalue weighted by Crippen LogP contribution is 2.32. The fraction of sp³-hybridized carbons (Fsp3) is 0.385. The smallest absolute Gasteiger partial charge is 0.311 e. The summed E-state index contributed by atoms with van der Waals surface area (Å²) in [6.45, 7) is 6.11. The number of esters is 1. The molecule has 1 fully saturated rings. The van der Waals surface area contributed by atoms with E-state index < -0.39 is 30.2 Å². The van der Waals surface area contributed by atoms with E-state index in [0.717, 1.165) is 16.5 Å². The number of hydrogen-bond acceptors (Lipinski definition) is 9. The summed E-state index contributed by atoms with van der Waals surface area (Å²) >= 11 is 0. The molecule has 1 aliphatic rings. The highest BCUT2D eigenvalue weighted by Gasteiger charge is 2.30. The Labute approximate surface area is 208 Å². The Morgan fingerprint density at radius 3 is 2.44 bits per heavy atom. The molecule has 0 radical (unpaired) electrons. The number of piperazine rings is 1. The van der Waals surface area contributed by atoms with Crippen LogP contribution in [0.1, 0.15) is 25.8 Å². The number of nitrogens with zero attached hydrogens (tertiary/aromatic N) is 4. The maximum Gasteiger partial charge on any atom is 0.311 e. The van der Waals surface area contributed by atoms with E-state index in [0.29, 0.717) is 43.4 Å². The van der Waals surface area contributed by atoms with E-state index in [4.69, 9.17) is 9.72 Å². The molecule has 2 aromatic carbocycles. The van der Waals surface area contributed by atoms with Gasteiger partial charge >= 0.3 is 5.97 Å². The summed E-state index contributed by atoms with van der Waals surface area (Å²) in [6.07, 6.45) is -2.09. The van der Waals surface area contributed by atoms with Gasteiger partial charge in [-0.3, -0.25) is 9.59 Å². The lowest BCUT2D eigenvalue weighted by Gasteiger charge is -2.36. The molecule has 10 heteroatoms. The van der Waals surface area contributed by atoms with E-state index >= 15 is 0 Å². The molecule has 0 unspecified atom stereocenters. The summed E-state index contributed by atoms with van der Waals surface area (Å²) in [6, 6.07) is 12.8. The minimum atomic E-state index is -1.68. The average molecular weight is 495 g/mol. The number of rotatable bonds is 6. The van der Waals surface area contributed by atoms with Crippen molar-refractivity contribution in [1.29, 1.82) is 0 Å². The fourth-order valence-electron chi connectivity index (χ4n) is 4.16. The molecule has 3 N–H and O–H groups in total. The third-order valence-electron chi connectivity index (χ3n) is 5.88. The van der Waals surface area contributed by atoms with Crippen molar-refractivity contribution < 1.29 is 29.6 Å². The number of hydrogen-bond donors (Lipinski definition) is 3. The highest BCUT2D eigenvalue weighted by atomic mass is 16.7. The lowest BCUT2D eigenvalue weighted by atomic mass is 10.1. The SMILES string of the molecule is Cc1ccc2c(N3CCN(C(=O)[C@H](O)CC(=O)OC(C)(C)O)CC3)nc(-c3ccccc3O)nc2c1. The number of aromatic hydroxyl groups is 1. The Morgan fingerprint density at radius 1 is 1.08 bits per heavy atom. The summed E-state index contributed by atoms with van der Waals surface area (Å²) in [5.41, 5.74) is 2.32. The zero-order valence-corrected chi connectivity index (χ0v) is 20.5. The van der Waals surface area contributed by atoms with Gasteiger partial charge in [-0.2, -0.15) is 0 Å². The van der Waals surface area contributed by atoms with Gasteiger partial charge in [0.1, 0.15) is 17.7 Å². The molecular weight excluding hydrogens is 464 g/mol. The molecule has 1 amide bonds. The number of aromatic nitrogens is 2. The van der Waals surface area contributed by atoms with Crippen LogP contribution in [0.5, 0.6) is 5.75 Å². The van der Waals surface area contributed by atoms with Crippen LogP contribution in [0.15, 0.2) is 42.5 Å². The lowest BCUT2D eigenvalue weighted by Crippen LogP contribution is -2.52. The number of aryl methyl sites for hydroxylation is 1. The van der Waals surface area contributed by atoms with E-state index in [2.05, 4.69) is 4.98 Å². The zero-order valence-electron chi connectivity index (χ0n) is 20.5. The van der Waals surface area contributed by atoms with Crippen LogP contribution >= 0.6 is 0 Å². The number of phenolic OH excluding ortho intramolecular Hbond substituents is 1. The predicted molar refractivity (Wildman–Crippen MR) is 133 cm³/mol. The van der Waals surface area contributed by atoms with E-state index in [1.165, 1.54) is 18.7 Å². The van der Waals surface area contributed by atoms with Crippen molar-refractivity contribution in [3.8, 4) is 17.1 Å². The monoisotopic (exact) mass is 494 g/mol. The predicted octanol–water partition coefficient (Wildman–Crippen LogP) is 1.98. The first-order chi connectivity index (χ1) is 17.0. The van der Waals surface area contributed by atoms with Gasteiger partial charge < -0.3 is 29.9 Å². The van der Waals surface area contributed by atoms with Gasteiger partial charge in [0, 0.05) is 45.4 Å². The number of fused-ring (bicyclic) bond motifs is 1. The van der Waals surface area contributed by atoms with Crippen LogP contribution in [0.25, 0.3) is 22.3 Å². The Kier molecular flexibility index (Phi) is 7.09. The Hall–Kier alpha value is -3.76. The standard InChI is InChI=1S/C26H30N4O6/c1-16-8-9-17-19(14-16)27-23(18-6-4-5-7-20(18)31)28-24(17)29-10-12-30(13-11-29)25(34)21(32)15-22(33)36-26(2,3)35/h4-9,14,21,31-32,35H,10-13,15H2,1-3H3/t21-/m1/s1. The molecule has 1 aliphatic heterocycles. The van der Waals surface area contributed by atoms with Gasteiger partial charge in [-0.25, -0.2) is 9.97 Å². The van der Waals surface area contributed by atoms with Crippen LogP contribution in [0.4, 0.5) is 5.82 Å². The van der Waals surface area contributed by atoms with Crippen LogP contribution in [-0.4, -0.2) is 80.1 Å². The molecule has 3 aromatic rings. The second kappa shape index (κ2) is 10.1. The van der Waals surface area contributed by atoms with Gasteiger partial charge in [-0.05, 0) is 36.8 Å². The number of ether oxygens (including phenoxy) is 1. The summed E-state index contributed by atoms with van der Waals surface area (Å²) in [4.78, 5) is 37.6. The van der Waals surface area contributed by atoms with Crippen LogP contribution in [0.3, 0.4) is 0 Å². The van der Waals surface area contributed by atoms with Crippen molar-refractivity contribution in [2.75, 3.05) is 31.1 Å². The molecule has 36 heavy (non-hydrogen) atoms. The average Bonchev–Trinajstić information content (AvgIpc) is 2.81. The van der Waals surface area contributed by atoms with E-state index in [-0.39, 0.29) is 5.75 Å². The maximum atomic E-state index is 12.7. The van der Waals surface area contributed by atoms with E-state index in [1.807, 2.05) is 36.1 Å².